The summed E-state index contributed by atoms with van der Waals surface area (Å²) >= 11 is 0. The van der Waals surface area contributed by atoms with Crippen molar-refractivity contribution in [3.63, 3.8) is 0 Å². The first-order valence-corrected chi connectivity index (χ1v) is 5.09. The van der Waals surface area contributed by atoms with Crippen LogP contribution in [-0.2, 0) is 4.74 Å². The van der Waals surface area contributed by atoms with Gasteiger partial charge in [0.15, 0.2) is 0 Å². The number of hydrogen-bond acceptors (Lipinski definition) is 6. The van der Waals surface area contributed by atoms with E-state index in [1.54, 1.807) is 0 Å². The molecule has 2 rings (SSSR count). The summed E-state index contributed by atoms with van der Waals surface area (Å²) in [4.78, 5) is 11.8. The van der Waals surface area contributed by atoms with E-state index in [2.05, 4.69) is 20.3 Å². The molecule has 1 amide bonds. The zero-order valence-corrected chi connectivity index (χ0v) is 9.02. The molecule has 1 saturated heterocycles. The number of amides is 1. The third-order valence-corrected chi connectivity index (χ3v) is 2.58. The smallest absolute Gasteiger partial charge is 0.277 e. The second-order valence-corrected chi connectivity index (χ2v) is 4.17. The summed E-state index contributed by atoms with van der Waals surface area (Å²) in [7, 11) is 0. The summed E-state index contributed by atoms with van der Waals surface area (Å²) < 4.78 is 9.70. The third-order valence-electron chi connectivity index (χ3n) is 2.58. The van der Waals surface area contributed by atoms with Gasteiger partial charge in [-0.15, -0.1) is 0 Å². The molecule has 0 saturated carbocycles. The van der Waals surface area contributed by atoms with Gasteiger partial charge in [0.2, 0.25) is 11.5 Å². The maximum atomic E-state index is 11.8. The second kappa shape index (κ2) is 4.09. The SMILES string of the molecule is CC1(NC(=O)c2nonc2N)CCCOC1. The molecule has 1 atom stereocenters. The van der Waals surface area contributed by atoms with Gasteiger partial charge in [-0.3, -0.25) is 4.79 Å². The summed E-state index contributed by atoms with van der Waals surface area (Å²) in [6, 6.07) is 0. The zero-order valence-electron chi connectivity index (χ0n) is 9.02. The highest BCUT2D eigenvalue weighted by molar-refractivity contribution is 5.96. The number of rotatable bonds is 2. The van der Waals surface area contributed by atoms with Crippen LogP contribution >= 0.6 is 0 Å². The number of nitrogens with one attached hydrogen (secondary N) is 1. The van der Waals surface area contributed by atoms with E-state index >= 15 is 0 Å². The molecule has 1 aromatic heterocycles. The fourth-order valence-electron chi connectivity index (χ4n) is 1.72. The fraction of sp³-hybridized carbons (Fsp3) is 0.667. The van der Waals surface area contributed by atoms with Crippen LogP contribution in [0.1, 0.15) is 30.3 Å². The lowest BCUT2D eigenvalue weighted by molar-refractivity contribution is 0.0270. The molecule has 0 radical (unpaired) electrons. The van der Waals surface area contributed by atoms with Crippen LogP contribution in [0.4, 0.5) is 5.82 Å². The minimum Gasteiger partial charge on any atom is -0.379 e. The van der Waals surface area contributed by atoms with E-state index in [0.717, 1.165) is 19.4 Å². The summed E-state index contributed by atoms with van der Waals surface area (Å²) in [5, 5.41) is 9.63. The molecule has 1 aromatic rings. The van der Waals surface area contributed by atoms with Gasteiger partial charge in [0.1, 0.15) is 0 Å². The topological polar surface area (TPSA) is 103 Å². The Labute approximate surface area is 92.3 Å². The molecule has 3 N–H and O–H groups in total. The predicted molar refractivity (Wildman–Crippen MR) is 54.6 cm³/mol. The molecule has 7 heteroatoms. The number of carbonyl (C=O) groups excluding carboxylic acids is 1. The normalized spacial score (nSPS) is 25.3. The van der Waals surface area contributed by atoms with Crippen molar-refractivity contribution in [2.45, 2.75) is 25.3 Å². The Bertz CT molecular complexity index is 384. The minimum atomic E-state index is -0.383. The van der Waals surface area contributed by atoms with Crippen LogP contribution in [0.5, 0.6) is 0 Å². The van der Waals surface area contributed by atoms with E-state index in [9.17, 15) is 4.79 Å². The Morgan fingerprint density at radius 3 is 2.94 bits per heavy atom. The highest BCUT2D eigenvalue weighted by Gasteiger charge is 2.31. The van der Waals surface area contributed by atoms with E-state index in [4.69, 9.17) is 10.5 Å². The molecule has 1 fully saturated rings. The molecule has 88 valence electrons. The molecule has 0 bridgehead atoms. The van der Waals surface area contributed by atoms with E-state index in [1.165, 1.54) is 0 Å². The Balaban J connectivity index is 2.04. The number of aromatic nitrogens is 2. The van der Waals surface area contributed by atoms with Crippen LogP contribution in [0.25, 0.3) is 0 Å². The summed E-state index contributed by atoms with van der Waals surface area (Å²) in [6.45, 7) is 3.15. The standard InChI is InChI=1S/C9H14N4O3/c1-9(3-2-4-15-5-9)11-8(14)6-7(10)13-16-12-6/h2-5H2,1H3,(H2,10,13)(H,11,14). The van der Waals surface area contributed by atoms with E-state index < -0.39 is 0 Å². The van der Waals surface area contributed by atoms with Crippen molar-refractivity contribution in [2.24, 2.45) is 0 Å². The lowest BCUT2D eigenvalue weighted by Crippen LogP contribution is -2.51. The van der Waals surface area contributed by atoms with Crippen LogP contribution in [0.2, 0.25) is 0 Å². The third kappa shape index (κ3) is 2.13. The predicted octanol–water partition coefficient (Wildman–Crippen LogP) is -0.0493. The highest BCUT2D eigenvalue weighted by atomic mass is 16.6. The van der Waals surface area contributed by atoms with Gasteiger partial charge in [-0.05, 0) is 30.1 Å². The lowest BCUT2D eigenvalue weighted by Gasteiger charge is -2.33. The number of anilines is 1. The molecular weight excluding hydrogens is 212 g/mol. The molecule has 2 heterocycles. The van der Waals surface area contributed by atoms with Gasteiger partial charge in [-0.1, -0.05) is 0 Å². The maximum absolute atomic E-state index is 11.8. The van der Waals surface area contributed by atoms with Crippen molar-refractivity contribution >= 4 is 11.7 Å². The van der Waals surface area contributed by atoms with Crippen molar-refractivity contribution < 1.29 is 14.2 Å². The monoisotopic (exact) mass is 226 g/mol. The van der Waals surface area contributed by atoms with E-state index in [1.807, 2.05) is 6.92 Å². The van der Waals surface area contributed by atoms with Gasteiger partial charge < -0.3 is 15.8 Å². The van der Waals surface area contributed by atoms with E-state index in [-0.39, 0.29) is 23.0 Å². The molecule has 16 heavy (non-hydrogen) atoms. The molecule has 1 aliphatic rings. The van der Waals surface area contributed by atoms with Crippen molar-refractivity contribution in [1.29, 1.82) is 0 Å². The van der Waals surface area contributed by atoms with Crippen LogP contribution in [-0.4, -0.2) is 35.0 Å². The molecule has 1 aliphatic heterocycles. The maximum Gasteiger partial charge on any atom is 0.277 e. The van der Waals surface area contributed by atoms with Crippen LogP contribution in [0, 0.1) is 0 Å². The van der Waals surface area contributed by atoms with Gasteiger partial charge in [0, 0.05) is 6.61 Å². The highest BCUT2D eigenvalue weighted by Crippen LogP contribution is 2.19. The van der Waals surface area contributed by atoms with Crippen LogP contribution in [0.3, 0.4) is 0 Å². The van der Waals surface area contributed by atoms with Crippen molar-refractivity contribution in [2.75, 3.05) is 18.9 Å². The largest absolute Gasteiger partial charge is 0.379 e. The number of nitrogens with zero attached hydrogens (tertiary/aromatic N) is 2. The quantitative estimate of drug-likeness (QED) is 0.732. The van der Waals surface area contributed by atoms with Crippen molar-refractivity contribution in [3.05, 3.63) is 5.69 Å². The summed E-state index contributed by atoms with van der Waals surface area (Å²) in [5.41, 5.74) is 5.08. The van der Waals surface area contributed by atoms with Gasteiger partial charge in [0.25, 0.3) is 5.91 Å². The van der Waals surface area contributed by atoms with Crippen molar-refractivity contribution in [3.8, 4) is 0 Å². The molecular formula is C9H14N4O3. The zero-order chi connectivity index (χ0) is 11.6. The van der Waals surface area contributed by atoms with Crippen LogP contribution in [0.15, 0.2) is 4.63 Å². The number of nitrogen functional groups attached to an aromatic ring is 1. The van der Waals surface area contributed by atoms with Gasteiger partial charge in [-0.2, -0.15) is 0 Å². The average Bonchev–Trinajstić information content (AvgIpc) is 2.65. The molecule has 1 unspecified atom stereocenters. The Hall–Kier alpha value is -1.63. The molecule has 7 nitrogen and oxygen atoms in total. The Kier molecular flexibility index (Phi) is 2.78. The summed E-state index contributed by atoms with van der Waals surface area (Å²) in [6.07, 6.45) is 1.78. The average molecular weight is 226 g/mol. The Morgan fingerprint density at radius 2 is 2.38 bits per heavy atom. The van der Waals surface area contributed by atoms with E-state index in [0.29, 0.717) is 6.61 Å². The van der Waals surface area contributed by atoms with Gasteiger partial charge in [0.05, 0.1) is 12.1 Å². The van der Waals surface area contributed by atoms with Gasteiger partial charge in [-0.25, -0.2) is 4.63 Å². The first-order chi connectivity index (χ1) is 7.61. The molecule has 0 aliphatic carbocycles. The summed E-state index contributed by atoms with van der Waals surface area (Å²) in [5.74, 6) is -0.385. The second-order valence-electron chi connectivity index (χ2n) is 4.17. The number of ether oxygens (including phenoxy) is 1. The number of nitrogens with two attached hydrogens (primary N) is 1. The first kappa shape index (κ1) is 10.9. The van der Waals surface area contributed by atoms with Gasteiger partial charge >= 0.3 is 0 Å². The lowest BCUT2D eigenvalue weighted by atomic mass is 9.95. The number of carbonyl (C=O) groups is 1. The van der Waals surface area contributed by atoms with Crippen LogP contribution < -0.4 is 11.1 Å². The fourth-order valence-corrected chi connectivity index (χ4v) is 1.72. The number of hydrogen-bond donors (Lipinski definition) is 2. The minimum absolute atomic E-state index is 0.00201. The van der Waals surface area contributed by atoms with Crippen molar-refractivity contribution in [1.82, 2.24) is 15.6 Å². The molecule has 0 spiro atoms. The Morgan fingerprint density at radius 1 is 1.56 bits per heavy atom. The molecule has 0 aromatic carbocycles. The first-order valence-electron chi connectivity index (χ1n) is 5.09.